The summed E-state index contributed by atoms with van der Waals surface area (Å²) >= 11 is 0. The molecule has 0 saturated carbocycles. The fourth-order valence-corrected chi connectivity index (χ4v) is 3.72. The Morgan fingerprint density at radius 2 is 1.84 bits per heavy atom. The van der Waals surface area contributed by atoms with Gasteiger partial charge >= 0.3 is 0 Å². The molecular weight excluding hydrogens is 392 g/mol. The number of hydrogen-bond donors (Lipinski definition) is 1. The predicted molar refractivity (Wildman–Crippen MR) is 119 cm³/mol. The molecule has 0 unspecified atom stereocenters. The Hall–Kier alpha value is -3.87. The number of nitrogens with zero attached hydrogens (tertiary/aromatic N) is 3. The quantitative estimate of drug-likeness (QED) is 0.633. The molecule has 156 valence electrons. The van der Waals surface area contributed by atoms with Crippen LogP contribution in [0.5, 0.6) is 11.5 Å². The number of aromatic nitrogens is 2. The average Bonchev–Trinajstić information content (AvgIpc) is 3.50. The first-order valence-corrected chi connectivity index (χ1v) is 10.3. The van der Waals surface area contributed by atoms with Crippen LogP contribution in [0.25, 0.3) is 17.3 Å². The fourth-order valence-electron chi connectivity index (χ4n) is 3.72. The highest BCUT2D eigenvalue weighted by atomic mass is 16.7. The van der Waals surface area contributed by atoms with E-state index in [4.69, 9.17) is 9.47 Å². The van der Waals surface area contributed by atoms with Gasteiger partial charge in [-0.15, -0.1) is 10.2 Å². The van der Waals surface area contributed by atoms with Crippen molar-refractivity contribution in [2.45, 2.75) is 12.8 Å². The highest BCUT2D eigenvalue weighted by molar-refractivity contribution is 6.02. The first-order chi connectivity index (χ1) is 15.2. The van der Waals surface area contributed by atoms with Crippen molar-refractivity contribution in [3.8, 4) is 22.8 Å². The molecule has 0 aliphatic carbocycles. The summed E-state index contributed by atoms with van der Waals surface area (Å²) in [5.41, 5.74) is 3.23. The van der Waals surface area contributed by atoms with Gasteiger partial charge < -0.3 is 19.7 Å². The minimum absolute atomic E-state index is 0.217. The van der Waals surface area contributed by atoms with Crippen molar-refractivity contribution in [2.75, 3.05) is 30.1 Å². The van der Waals surface area contributed by atoms with Crippen molar-refractivity contribution in [1.82, 2.24) is 10.2 Å². The minimum Gasteiger partial charge on any atom is -0.454 e. The summed E-state index contributed by atoms with van der Waals surface area (Å²) < 4.78 is 10.7. The fraction of sp³-hybridized carbons (Fsp3) is 0.208. The van der Waals surface area contributed by atoms with Crippen LogP contribution in [0.4, 0.5) is 11.5 Å². The molecule has 7 nitrogen and oxygen atoms in total. The van der Waals surface area contributed by atoms with E-state index in [1.54, 1.807) is 6.08 Å². The number of benzene rings is 2. The summed E-state index contributed by atoms with van der Waals surface area (Å²) in [7, 11) is 0. The van der Waals surface area contributed by atoms with Gasteiger partial charge in [0, 0.05) is 30.4 Å². The van der Waals surface area contributed by atoms with Gasteiger partial charge in [0.2, 0.25) is 12.7 Å². The first-order valence-electron chi connectivity index (χ1n) is 10.3. The number of carbonyl (C=O) groups excluding carboxylic acids is 1. The molecule has 5 rings (SSSR count). The van der Waals surface area contributed by atoms with E-state index in [0.29, 0.717) is 11.4 Å². The maximum atomic E-state index is 12.4. The molecule has 0 radical (unpaired) electrons. The Labute approximate surface area is 180 Å². The topological polar surface area (TPSA) is 76.6 Å². The van der Waals surface area contributed by atoms with Gasteiger partial charge in [0.05, 0.1) is 5.69 Å². The van der Waals surface area contributed by atoms with Gasteiger partial charge in [-0.1, -0.05) is 18.2 Å². The highest BCUT2D eigenvalue weighted by Gasteiger charge is 2.14. The number of amides is 1. The van der Waals surface area contributed by atoms with E-state index in [1.807, 2.05) is 54.6 Å². The molecule has 31 heavy (non-hydrogen) atoms. The maximum Gasteiger partial charge on any atom is 0.248 e. The smallest absolute Gasteiger partial charge is 0.248 e. The van der Waals surface area contributed by atoms with E-state index in [0.717, 1.165) is 41.5 Å². The van der Waals surface area contributed by atoms with Crippen LogP contribution in [0.2, 0.25) is 0 Å². The summed E-state index contributed by atoms with van der Waals surface area (Å²) in [5.74, 6) is 2.10. The second-order valence-corrected chi connectivity index (χ2v) is 7.49. The zero-order chi connectivity index (χ0) is 21.0. The van der Waals surface area contributed by atoms with Crippen molar-refractivity contribution >= 4 is 23.5 Å². The van der Waals surface area contributed by atoms with Crippen LogP contribution in [-0.4, -0.2) is 36.0 Å². The summed E-state index contributed by atoms with van der Waals surface area (Å²) in [6.07, 6.45) is 5.64. The molecule has 7 heteroatoms. The molecule has 0 bridgehead atoms. The third-order valence-electron chi connectivity index (χ3n) is 5.33. The zero-order valence-electron chi connectivity index (χ0n) is 17.0. The minimum atomic E-state index is -0.217. The van der Waals surface area contributed by atoms with Crippen LogP contribution in [0.3, 0.4) is 0 Å². The lowest BCUT2D eigenvalue weighted by Crippen LogP contribution is -2.19. The summed E-state index contributed by atoms with van der Waals surface area (Å²) in [6, 6.07) is 17.1. The van der Waals surface area contributed by atoms with Crippen molar-refractivity contribution in [3.63, 3.8) is 0 Å². The van der Waals surface area contributed by atoms with Gasteiger partial charge in [-0.05, 0) is 60.9 Å². The van der Waals surface area contributed by atoms with Gasteiger partial charge in [0.25, 0.3) is 0 Å². The number of ether oxygens (including phenoxy) is 2. The van der Waals surface area contributed by atoms with Crippen molar-refractivity contribution in [3.05, 3.63) is 66.2 Å². The molecule has 2 aliphatic rings. The number of hydrogen-bond acceptors (Lipinski definition) is 6. The third-order valence-corrected chi connectivity index (χ3v) is 5.33. The molecule has 0 spiro atoms. The van der Waals surface area contributed by atoms with E-state index in [1.165, 1.54) is 18.9 Å². The van der Waals surface area contributed by atoms with E-state index >= 15 is 0 Å². The molecule has 1 saturated heterocycles. The van der Waals surface area contributed by atoms with E-state index in [-0.39, 0.29) is 12.7 Å². The molecule has 0 atom stereocenters. The van der Waals surface area contributed by atoms with Crippen LogP contribution >= 0.6 is 0 Å². The molecule has 1 aromatic heterocycles. The molecule has 1 fully saturated rings. The molecule has 3 aromatic rings. The standard InChI is InChI=1S/C24H22N4O3/c29-24(11-7-17-6-9-21-22(14-17)31-16-30-21)25-19-5-3-4-18(15-19)20-8-10-23(27-26-20)28-12-1-2-13-28/h3-11,14-15H,1-2,12-13,16H2,(H,25,29)/b11-7+. The number of anilines is 2. The summed E-state index contributed by atoms with van der Waals surface area (Å²) in [6.45, 7) is 2.30. The lowest BCUT2D eigenvalue weighted by molar-refractivity contribution is -0.111. The normalized spacial score (nSPS) is 14.9. The average molecular weight is 414 g/mol. The van der Waals surface area contributed by atoms with Crippen LogP contribution in [0, 0.1) is 0 Å². The van der Waals surface area contributed by atoms with Crippen LogP contribution in [0.1, 0.15) is 18.4 Å². The molecule has 2 aliphatic heterocycles. The Balaban J connectivity index is 1.25. The maximum absolute atomic E-state index is 12.4. The van der Waals surface area contributed by atoms with Crippen LogP contribution in [-0.2, 0) is 4.79 Å². The molecule has 1 N–H and O–H groups in total. The zero-order valence-corrected chi connectivity index (χ0v) is 17.0. The largest absolute Gasteiger partial charge is 0.454 e. The second-order valence-electron chi connectivity index (χ2n) is 7.49. The Kier molecular flexibility index (Phi) is 5.22. The van der Waals surface area contributed by atoms with Gasteiger partial charge in [-0.3, -0.25) is 4.79 Å². The van der Waals surface area contributed by atoms with Gasteiger partial charge in [-0.2, -0.15) is 0 Å². The lowest BCUT2D eigenvalue weighted by Gasteiger charge is -2.15. The number of carbonyl (C=O) groups is 1. The highest BCUT2D eigenvalue weighted by Crippen LogP contribution is 2.32. The van der Waals surface area contributed by atoms with E-state index in [9.17, 15) is 4.79 Å². The van der Waals surface area contributed by atoms with Crippen molar-refractivity contribution in [2.24, 2.45) is 0 Å². The summed E-state index contributed by atoms with van der Waals surface area (Å²) in [4.78, 5) is 14.6. The van der Waals surface area contributed by atoms with Gasteiger partial charge in [-0.25, -0.2) is 0 Å². The number of rotatable bonds is 5. The SMILES string of the molecule is O=C(/C=C/c1ccc2c(c1)OCO2)Nc1cccc(-c2ccc(N3CCCC3)nn2)c1. The number of fused-ring (bicyclic) bond motifs is 1. The van der Waals surface area contributed by atoms with Crippen molar-refractivity contribution in [1.29, 1.82) is 0 Å². The molecule has 2 aromatic carbocycles. The first kappa shape index (κ1) is 19.1. The van der Waals surface area contributed by atoms with Gasteiger partial charge in [0.15, 0.2) is 17.3 Å². The molecule has 1 amide bonds. The van der Waals surface area contributed by atoms with Crippen LogP contribution < -0.4 is 19.7 Å². The molecular formula is C24H22N4O3. The van der Waals surface area contributed by atoms with Crippen LogP contribution in [0.15, 0.2) is 60.7 Å². The Morgan fingerprint density at radius 3 is 2.68 bits per heavy atom. The second kappa shape index (κ2) is 8.47. The monoisotopic (exact) mass is 414 g/mol. The Bertz CT molecular complexity index is 1120. The lowest BCUT2D eigenvalue weighted by atomic mass is 10.1. The summed E-state index contributed by atoms with van der Waals surface area (Å²) in [5, 5.41) is 11.6. The van der Waals surface area contributed by atoms with E-state index < -0.39 is 0 Å². The van der Waals surface area contributed by atoms with Gasteiger partial charge in [0.1, 0.15) is 0 Å². The third kappa shape index (κ3) is 4.35. The number of nitrogens with one attached hydrogen (secondary N) is 1. The predicted octanol–water partition coefficient (Wildman–Crippen LogP) is 4.12. The molecule has 3 heterocycles. The Morgan fingerprint density at radius 1 is 0.968 bits per heavy atom. The van der Waals surface area contributed by atoms with Crippen molar-refractivity contribution < 1.29 is 14.3 Å². The van der Waals surface area contributed by atoms with E-state index in [2.05, 4.69) is 20.4 Å².